The molecule has 3 aromatic rings. The number of aromatic hydroxyl groups is 1. The highest BCUT2D eigenvalue weighted by molar-refractivity contribution is 6.04. The molecule has 1 fully saturated rings. The third-order valence-corrected chi connectivity index (χ3v) is 4.89. The van der Waals surface area contributed by atoms with E-state index < -0.39 is 0 Å². The number of nitrogens with zero attached hydrogens (tertiary/aromatic N) is 1. The van der Waals surface area contributed by atoms with Gasteiger partial charge in [0, 0.05) is 36.3 Å². The number of H-pyrrole nitrogens is 1. The molecule has 1 aromatic heterocycles. The Balaban J connectivity index is 1.53. The maximum absolute atomic E-state index is 14.4. The molecule has 0 radical (unpaired) electrons. The molecule has 3 N–H and O–H groups in total. The number of fused-ring (bicyclic) bond motifs is 1. The Morgan fingerprint density at radius 3 is 3.04 bits per heavy atom. The van der Waals surface area contributed by atoms with E-state index in [1.54, 1.807) is 18.3 Å². The minimum absolute atomic E-state index is 0.0540. The van der Waals surface area contributed by atoms with Gasteiger partial charge in [-0.1, -0.05) is 12.1 Å². The predicted octanol–water partition coefficient (Wildman–Crippen LogP) is 4.66. The van der Waals surface area contributed by atoms with Gasteiger partial charge in [-0.3, -0.25) is 4.99 Å². The topological polar surface area (TPSA) is 69.6 Å². The molecule has 1 aliphatic rings. The van der Waals surface area contributed by atoms with Crippen LogP contribution in [0, 0.1) is 12.7 Å². The second kappa shape index (κ2) is 7.40. The highest BCUT2D eigenvalue weighted by Crippen LogP contribution is 2.29. The van der Waals surface area contributed by atoms with Crippen LogP contribution in [0.5, 0.6) is 5.88 Å². The van der Waals surface area contributed by atoms with E-state index in [9.17, 15) is 9.50 Å². The van der Waals surface area contributed by atoms with Crippen LogP contribution in [-0.4, -0.2) is 35.6 Å². The lowest BCUT2D eigenvalue weighted by molar-refractivity contribution is 0.120. The summed E-state index contributed by atoms with van der Waals surface area (Å²) in [5.74, 6) is -0.305. The Hall–Kier alpha value is -2.86. The lowest BCUT2D eigenvalue weighted by Gasteiger charge is -2.12. The summed E-state index contributed by atoms with van der Waals surface area (Å²) in [6, 6.07) is 10.6. The van der Waals surface area contributed by atoms with Gasteiger partial charge in [0.1, 0.15) is 5.82 Å². The van der Waals surface area contributed by atoms with Crippen molar-refractivity contribution < 1.29 is 14.2 Å². The summed E-state index contributed by atoms with van der Waals surface area (Å²) in [5, 5.41) is 14.2. The number of ether oxygens (including phenoxy) is 1. The number of aliphatic imine (C=N–C) groups is 1. The van der Waals surface area contributed by atoms with Gasteiger partial charge in [-0.2, -0.15) is 0 Å². The summed E-state index contributed by atoms with van der Waals surface area (Å²) < 4.78 is 19.9. The van der Waals surface area contributed by atoms with Gasteiger partial charge in [0.15, 0.2) is 5.88 Å². The summed E-state index contributed by atoms with van der Waals surface area (Å²) in [7, 11) is 0. The van der Waals surface area contributed by atoms with Crippen molar-refractivity contribution in [2.24, 2.45) is 4.99 Å². The summed E-state index contributed by atoms with van der Waals surface area (Å²) in [4.78, 5) is 7.28. The van der Waals surface area contributed by atoms with Gasteiger partial charge in [-0.05, 0) is 43.5 Å². The van der Waals surface area contributed by atoms with Crippen LogP contribution in [0.3, 0.4) is 0 Å². The Morgan fingerprint density at radius 2 is 2.26 bits per heavy atom. The maximum atomic E-state index is 14.4. The van der Waals surface area contributed by atoms with E-state index in [0.29, 0.717) is 23.5 Å². The molecule has 0 amide bonds. The number of aromatic nitrogens is 1. The second-order valence-electron chi connectivity index (χ2n) is 6.82. The van der Waals surface area contributed by atoms with Gasteiger partial charge in [0.2, 0.25) is 0 Å². The highest BCUT2D eigenvalue weighted by Gasteiger charge is 2.15. The monoisotopic (exact) mass is 367 g/mol. The van der Waals surface area contributed by atoms with Gasteiger partial charge in [0.25, 0.3) is 0 Å². The molecule has 2 heterocycles. The Kier molecular flexibility index (Phi) is 4.81. The Morgan fingerprint density at radius 1 is 1.37 bits per heavy atom. The van der Waals surface area contributed by atoms with E-state index in [-0.39, 0.29) is 17.8 Å². The van der Waals surface area contributed by atoms with Gasteiger partial charge in [-0.25, -0.2) is 4.39 Å². The van der Waals surface area contributed by atoms with Crippen LogP contribution in [0.4, 0.5) is 15.8 Å². The average molecular weight is 367 g/mol. The van der Waals surface area contributed by atoms with Crippen molar-refractivity contribution in [2.75, 3.05) is 18.5 Å². The van der Waals surface area contributed by atoms with Crippen molar-refractivity contribution in [3.8, 4) is 5.88 Å². The molecule has 140 valence electrons. The molecule has 6 heteroatoms. The molecule has 5 nitrogen and oxygen atoms in total. The molecular formula is C21H22FN3O2. The largest absolute Gasteiger partial charge is 0.494 e. The van der Waals surface area contributed by atoms with Crippen LogP contribution >= 0.6 is 0 Å². The van der Waals surface area contributed by atoms with E-state index in [0.717, 1.165) is 35.9 Å². The van der Waals surface area contributed by atoms with Crippen molar-refractivity contribution in [2.45, 2.75) is 25.9 Å². The third kappa shape index (κ3) is 3.66. The van der Waals surface area contributed by atoms with Crippen LogP contribution in [0.1, 0.15) is 24.0 Å². The first-order valence-electron chi connectivity index (χ1n) is 9.11. The zero-order valence-corrected chi connectivity index (χ0v) is 15.1. The summed E-state index contributed by atoms with van der Waals surface area (Å²) >= 11 is 0. The molecule has 4 rings (SSSR count). The quantitative estimate of drug-likeness (QED) is 0.574. The fourth-order valence-corrected chi connectivity index (χ4v) is 3.46. The summed E-state index contributed by atoms with van der Waals surface area (Å²) in [6.45, 7) is 3.35. The standard InChI is InChI=1S/C21H22FN3O2/c1-13-4-2-6-19-20(13)16(21(26)25-19)12-23-14-7-8-18(17(22)10-14)24-11-15-5-3-9-27-15/h2,4,6-8,10,12,15,24-26H,3,5,9,11H2,1H3. The first-order chi connectivity index (χ1) is 13.1. The van der Waals surface area contributed by atoms with Crippen molar-refractivity contribution in [3.63, 3.8) is 0 Å². The fourth-order valence-electron chi connectivity index (χ4n) is 3.46. The van der Waals surface area contributed by atoms with Crippen LogP contribution < -0.4 is 5.32 Å². The molecule has 1 atom stereocenters. The van der Waals surface area contributed by atoms with Crippen molar-refractivity contribution in [3.05, 3.63) is 53.3 Å². The minimum Gasteiger partial charge on any atom is -0.494 e. The summed E-state index contributed by atoms with van der Waals surface area (Å²) in [6.07, 6.45) is 3.78. The average Bonchev–Trinajstić information content (AvgIpc) is 3.27. The molecule has 1 aliphatic heterocycles. The molecule has 0 aliphatic carbocycles. The van der Waals surface area contributed by atoms with Crippen LogP contribution in [0.2, 0.25) is 0 Å². The predicted molar refractivity (Wildman–Crippen MR) is 106 cm³/mol. The lowest BCUT2D eigenvalue weighted by Crippen LogP contribution is -2.18. The number of aryl methyl sites for hydroxylation is 1. The number of rotatable bonds is 5. The number of nitrogens with one attached hydrogen (secondary N) is 2. The number of benzene rings is 2. The molecule has 1 saturated heterocycles. The zero-order chi connectivity index (χ0) is 18.8. The zero-order valence-electron chi connectivity index (χ0n) is 15.1. The number of hydrogen-bond donors (Lipinski definition) is 3. The third-order valence-electron chi connectivity index (χ3n) is 4.89. The smallest absolute Gasteiger partial charge is 0.198 e. The van der Waals surface area contributed by atoms with Gasteiger partial charge >= 0.3 is 0 Å². The Bertz CT molecular complexity index is 991. The molecule has 0 saturated carbocycles. The SMILES string of the molecule is Cc1cccc2[nH]c(O)c(C=Nc3ccc(NCC4CCCO4)c(F)c3)c12. The molecule has 0 bridgehead atoms. The van der Waals surface area contributed by atoms with Gasteiger partial charge in [0.05, 0.1) is 23.0 Å². The fraction of sp³-hybridized carbons (Fsp3) is 0.286. The first-order valence-corrected chi connectivity index (χ1v) is 9.11. The van der Waals surface area contributed by atoms with Gasteiger partial charge < -0.3 is 20.1 Å². The van der Waals surface area contributed by atoms with Crippen LogP contribution in [-0.2, 0) is 4.74 Å². The van der Waals surface area contributed by atoms with Crippen molar-refractivity contribution >= 4 is 28.5 Å². The number of anilines is 1. The molecular weight excluding hydrogens is 345 g/mol. The maximum Gasteiger partial charge on any atom is 0.198 e. The normalized spacial score (nSPS) is 17.2. The molecule has 1 unspecified atom stereocenters. The second-order valence-corrected chi connectivity index (χ2v) is 6.82. The first kappa shape index (κ1) is 17.5. The van der Waals surface area contributed by atoms with E-state index in [1.807, 2.05) is 25.1 Å². The van der Waals surface area contributed by atoms with Crippen LogP contribution in [0.25, 0.3) is 10.9 Å². The molecule has 27 heavy (non-hydrogen) atoms. The van der Waals surface area contributed by atoms with E-state index in [4.69, 9.17) is 4.74 Å². The summed E-state index contributed by atoms with van der Waals surface area (Å²) in [5.41, 5.74) is 3.40. The van der Waals surface area contributed by atoms with Crippen molar-refractivity contribution in [1.82, 2.24) is 4.98 Å². The highest BCUT2D eigenvalue weighted by atomic mass is 19.1. The minimum atomic E-state index is -0.359. The van der Waals surface area contributed by atoms with E-state index in [2.05, 4.69) is 15.3 Å². The molecule has 0 spiro atoms. The number of hydrogen-bond acceptors (Lipinski definition) is 4. The number of aromatic amines is 1. The molecule has 2 aromatic carbocycles. The van der Waals surface area contributed by atoms with Crippen molar-refractivity contribution in [1.29, 1.82) is 0 Å². The van der Waals surface area contributed by atoms with Crippen LogP contribution in [0.15, 0.2) is 41.4 Å². The lowest BCUT2D eigenvalue weighted by atomic mass is 10.1. The van der Waals surface area contributed by atoms with Gasteiger partial charge in [-0.15, -0.1) is 0 Å². The number of halogens is 1. The van der Waals surface area contributed by atoms with E-state index >= 15 is 0 Å². The van der Waals surface area contributed by atoms with E-state index in [1.165, 1.54) is 6.07 Å². The Labute approximate surface area is 156 Å².